The van der Waals surface area contributed by atoms with E-state index in [1.54, 1.807) is 6.92 Å². The van der Waals surface area contributed by atoms with Crippen molar-refractivity contribution in [3.05, 3.63) is 64.2 Å². The van der Waals surface area contributed by atoms with Gasteiger partial charge >= 0.3 is 0 Å². The average molecular weight is 350 g/mol. The first-order chi connectivity index (χ1) is 12.4. The molecule has 26 heavy (non-hydrogen) atoms. The minimum atomic E-state index is -0.830. The summed E-state index contributed by atoms with van der Waals surface area (Å²) in [4.78, 5) is 29.4. The molecule has 1 aliphatic rings. The molecule has 1 saturated heterocycles. The number of aryl methyl sites for hydroxylation is 2. The summed E-state index contributed by atoms with van der Waals surface area (Å²) >= 11 is 0. The molecule has 0 bridgehead atoms. The van der Waals surface area contributed by atoms with E-state index in [0.717, 1.165) is 28.5 Å². The van der Waals surface area contributed by atoms with Crippen LogP contribution in [0, 0.1) is 31.5 Å². The van der Waals surface area contributed by atoms with Crippen molar-refractivity contribution >= 4 is 11.7 Å². The van der Waals surface area contributed by atoms with Gasteiger partial charge in [-0.1, -0.05) is 5.92 Å². The van der Waals surface area contributed by atoms with Gasteiger partial charge in [0.15, 0.2) is 5.78 Å². The molecule has 1 aromatic carbocycles. The molecule has 1 fully saturated rings. The van der Waals surface area contributed by atoms with Crippen LogP contribution in [0.4, 0.5) is 4.39 Å². The fraction of sp³-hybridized carbons (Fsp3) is 0.286. The second kappa shape index (κ2) is 7.09. The molecule has 0 aliphatic carbocycles. The maximum atomic E-state index is 13.0. The summed E-state index contributed by atoms with van der Waals surface area (Å²) in [5, 5.41) is 2.76. The van der Waals surface area contributed by atoms with E-state index in [2.05, 4.69) is 22.1 Å². The standard InChI is InChI=1S/C21H19FN2O2/c1-4-5-14-8-12(2)18(13(3)9-14)19-20(25)17(24-21(19)26)10-16-7-6-15(22)11-23-16/h6-9,11,17,19H,10H2,1-3H3,(H,24,26). The predicted octanol–water partition coefficient (Wildman–Crippen LogP) is 2.60. The molecule has 2 unspecified atom stereocenters. The van der Waals surface area contributed by atoms with E-state index >= 15 is 0 Å². The third kappa shape index (κ3) is 3.36. The van der Waals surface area contributed by atoms with Crippen LogP contribution < -0.4 is 5.32 Å². The molecule has 1 amide bonds. The van der Waals surface area contributed by atoms with Gasteiger partial charge in [-0.25, -0.2) is 4.39 Å². The zero-order valence-corrected chi connectivity index (χ0v) is 14.9. The smallest absolute Gasteiger partial charge is 0.235 e. The van der Waals surface area contributed by atoms with E-state index in [0.29, 0.717) is 5.69 Å². The fourth-order valence-corrected chi connectivity index (χ4v) is 3.46. The van der Waals surface area contributed by atoms with Gasteiger partial charge in [0.05, 0.1) is 12.2 Å². The number of rotatable bonds is 3. The van der Waals surface area contributed by atoms with Crippen LogP contribution in [0.25, 0.3) is 0 Å². The SMILES string of the molecule is CC#Cc1cc(C)c(C2C(=O)NC(Cc3ccc(F)cn3)C2=O)c(C)c1. The third-order valence-electron chi connectivity index (χ3n) is 4.56. The summed E-state index contributed by atoms with van der Waals surface area (Å²) in [7, 11) is 0. The molecular formula is C21H19FN2O2. The zero-order valence-electron chi connectivity index (χ0n) is 14.9. The summed E-state index contributed by atoms with van der Waals surface area (Å²) < 4.78 is 13.0. The van der Waals surface area contributed by atoms with Gasteiger partial charge in [-0.3, -0.25) is 14.6 Å². The minimum absolute atomic E-state index is 0.179. The zero-order chi connectivity index (χ0) is 18.8. The van der Waals surface area contributed by atoms with Crippen LogP contribution in [-0.4, -0.2) is 22.7 Å². The van der Waals surface area contributed by atoms with Crippen LogP contribution in [-0.2, 0) is 16.0 Å². The van der Waals surface area contributed by atoms with E-state index in [-0.39, 0.29) is 18.1 Å². The molecule has 132 valence electrons. The van der Waals surface area contributed by atoms with Gasteiger partial charge in [0.2, 0.25) is 5.91 Å². The molecule has 0 radical (unpaired) electrons. The summed E-state index contributed by atoms with van der Waals surface area (Å²) in [6, 6.07) is 5.96. The molecule has 2 heterocycles. The van der Waals surface area contributed by atoms with E-state index in [1.807, 2.05) is 26.0 Å². The Morgan fingerprint density at radius 2 is 1.88 bits per heavy atom. The molecule has 5 heteroatoms. The van der Waals surface area contributed by atoms with E-state index < -0.39 is 17.8 Å². The Hall–Kier alpha value is -3.00. The minimum Gasteiger partial charge on any atom is -0.345 e. The largest absolute Gasteiger partial charge is 0.345 e. The van der Waals surface area contributed by atoms with Crippen LogP contribution in [0.2, 0.25) is 0 Å². The number of nitrogens with zero attached hydrogens (tertiary/aromatic N) is 1. The van der Waals surface area contributed by atoms with Crippen molar-refractivity contribution in [1.82, 2.24) is 10.3 Å². The quantitative estimate of drug-likeness (QED) is 0.684. The van der Waals surface area contributed by atoms with Crippen LogP contribution in [0.3, 0.4) is 0 Å². The molecule has 0 spiro atoms. The van der Waals surface area contributed by atoms with Crippen molar-refractivity contribution in [3.8, 4) is 11.8 Å². The normalized spacial score (nSPS) is 19.1. The lowest BCUT2D eigenvalue weighted by molar-refractivity contribution is -0.124. The van der Waals surface area contributed by atoms with Crippen molar-refractivity contribution in [2.75, 3.05) is 0 Å². The highest BCUT2D eigenvalue weighted by atomic mass is 19.1. The fourth-order valence-electron chi connectivity index (χ4n) is 3.46. The summed E-state index contributed by atoms with van der Waals surface area (Å²) in [6.45, 7) is 5.54. The Bertz CT molecular complexity index is 916. The second-order valence-corrected chi connectivity index (χ2v) is 6.47. The molecule has 3 rings (SSSR count). The molecule has 1 aromatic heterocycles. The summed E-state index contributed by atoms with van der Waals surface area (Å²) in [5.74, 6) is 4.11. The van der Waals surface area contributed by atoms with Crippen LogP contribution in [0.15, 0.2) is 30.5 Å². The second-order valence-electron chi connectivity index (χ2n) is 6.47. The topological polar surface area (TPSA) is 59.1 Å². The van der Waals surface area contributed by atoms with Gasteiger partial charge in [0.25, 0.3) is 0 Å². The van der Waals surface area contributed by atoms with Crippen LogP contribution >= 0.6 is 0 Å². The maximum absolute atomic E-state index is 13.0. The number of nitrogens with one attached hydrogen (secondary N) is 1. The molecule has 1 aliphatic heterocycles. The first-order valence-electron chi connectivity index (χ1n) is 8.39. The van der Waals surface area contributed by atoms with Gasteiger partial charge < -0.3 is 5.32 Å². The highest BCUT2D eigenvalue weighted by molar-refractivity contribution is 6.15. The van der Waals surface area contributed by atoms with Crippen molar-refractivity contribution in [2.45, 2.75) is 39.2 Å². The lowest BCUT2D eigenvalue weighted by atomic mass is 9.86. The first kappa shape index (κ1) is 17.8. The Balaban J connectivity index is 1.89. The van der Waals surface area contributed by atoms with Gasteiger partial charge in [-0.2, -0.15) is 0 Å². The number of Topliss-reactive ketones (excluding diaryl/α,β-unsaturated/α-hetero) is 1. The molecule has 1 N–H and O–H groups in total. The number of hydrogen-bond acceptors (Lipinski definition) is 3. The number of ketones is 1. The van der Waals surface area contributed by atoms with E-state index in [4.69, 9.17) is 0 Å². The maximum Gasteiger partial charge on any atom is 0.235 e. The average Bonchev–Trinajstić information content (AvgIpc) is 2.84. The van der Waals surface area contributed by atoms with Gasteiger partial charge in [-0.15, -0.1) is 5.92 Å². The monoisotopic (exact) mass is 350 g/mol. The molecule has 2 atom stereocenters. The highest BCUT2D eigenvalue weighted by Gasteiger charge is 2.43. The first-order valence-corrected chi connectivity index (χ1v) is 8.39. The number of carbonyl (C=O) groups is 2. The number of benzene rings is 1. The Kier molecular flexibility index (Phi) is 4.85. The van der Waals surface area contributed by atoms with Crippen molar-refractivity contribution in [1.29, 1.82) is 0 Å². The number of aromatic nitrogens is 1. The lowest BCUT2D eigenvalue weighted by Gasteiger charge is -2.15. The molecule has 4 nitrogen and oxygen atoms in total. The number of carbonyl (C=O) groups excluding carboxylic acids is 2. The number of halogens is 1. The molecule has 2 aromatic rings. The van der Waals surface area contributed by atoms with Gasteiger partial charge in [0, 0.05) is 17.7 Å². The van der Waals surface area contributed by atoms with Gasteiger partial charge in [-0.05, 0) is 61.7 Å². The van der Waals surface area contributed by atoms with Crippen LogP contribution in [0.5, 0.6) is 0 Å². The number of hydrogen-bond donors (Lipinski definition) is 1. The number of pyridine rings is 1. The van der Waals surface area contributed by atoms with E-state index in [9.17, 15) is 14.0 Å². The predicted molar refractivity (Wildman–Crippen MR) is 96.0 cm³/mol. The summed E-state index contributed by atoms with van der Waals surface area (Å²) in [5.41, 5.74) is 3.91. The Morgan fingerprint density at radius 3 is 2.46 bits per heavy atom. The van der Waals surface area contributed by atoms with E-state index in [1.165, 1.54) is 12.1 Å². The van der Waals surface area contributed by atoms with Crippen LogP contribution in [0.1, 0.15) is 40.8 Å². The molecule has 0 saturated carbocycles. The Labute approximate surface area is 151 Å². The molecular weight excluding hydrogens is 331 g/mol. The number of amides is 1. The van der Waals surface area contributed by atoms with Crippen molar-refractivity contribution in [2.24, 2.45) is 0 Å². The lowest BCUT2D eigenvalue weighted by Crippen LogP contribution is -2.31. The Morgan fingerprint density at radius 1 is 1.19 bits per heavy atom. The van der Waals surface area contributed by atoms with Gasteiger partial charge in [0.1, 0.15) is 11.7 Å². The van der Waals surface area contributed by atoms with Crippen molar-refractivity contribution in [3.63, 3.8) is 0 Å². The third-order valence-corrected chi connectivity index (χ3v) is 4.56. The summed E-state index contributed by atoms with van der Waals surface area (Å²) in [6.07, 6.45) is 1.36. The van der Waals surface area contributed by atoms with Crippen molar-refractivity contribution < 1.29 is 14.0 Å². The highest BCUT2D eigenvalue weighted by Crippen LogP contribution is 2.31.